The fourth-order valence-electron chi connectivity index (χ4n) is 3.03. The number of alkyl halides is 3. The molecule has 0 radical (unpaired) electrons. The minimum Gasteiger partial charge on any atom is -0.508 e. The van der Waals surface area contributed by atoms with Crippen LogP contribution < -0.4 is 5.56 Å². The molecule has 0 amide bonds. The average molecular weight is 422 g/mol. The highest BCUT2D eigenvalue weighted by atomic mass is 19.4. The molecule has 2 N–H and O–H groups in total. The van der Waals surface area contributed by atoms with Gasteiger partial charge in [-0.15, -0.1) is 0 Å². The lowest BCUT2D eigenvalue weighted by Gasteiger charge is -2.07. The number of aromatic hydroxyl groups is 1. The van der Waals surface area contributed by atoms with Crippen molar-refractivity contribution in [2.24, 2.45) is 0 Å². The van der Waals surface area contributed by atoms with E-state index < -0.39 is 52.7 Å². The second-order valence-electron chi connectivity index (χ2n) is 6.39. The van der Waals surface area contributed by atoms with Crippen LogP contribution in [0.2, 0.25) is 0 Å². The Labute approximate surface area is 164 Å². The van der Waals surface area contributed by atoms with Gasteiger partial charge in [0.1, 0.15) is 23.1 Å². The summed E-state index contributed by atoms with van der Waals surface area (Å²) in [6.45, 7) is -0.415. The van der Waals surface area contributed by atoms with E-state index >= 15 is 0 Å². The lowest BCUT2D eigenvalue weighted by molar-refractivity contribution is -0.141. The number of nitrogens with zero attached hydrogens (tertiary/aromatic N) is 3. The standard InChI is InChI=1S/C19H11F5N4O2/c20-12-5-9(29)6-13(21)11(12)8-28-14-4-2-1-3-10(14)17(27-28)18-25-15(19(22,23)24)7-16(30)26-18/h1-7,29H,8H2,(H,25,26,30). The first-order chi connectivity index (χ1) is 14.1. The van der Waals surface area contributed by atoms with E-state index in [1.807, 2.05) is 0 Å². The van der Waals surface area contributed by atoms with Gasteiger partial charge < -0.3 is 10.1 Å². The molecule has 0 aliphatic heterocycles. The smallest absolute Gasteiger partial charge is 0.433 e. The Morgan fingerprint density at radius 2 is 1.73 bits per heavy atom. The Kier molecular flexibility index (Phi) is 4.52. The molecule has 154 valence electrons. The van der Waals surface area contributed by atoms with Crippen LogP contribution >= 0.6 is 0 Å². The number of aromatic nitrogens is 4. The summed E-state index contributed by atoms with van der Waals surface area (Å²) in [5, 5.41) is 13.8. The zero-order valence-corrected chi connectivity index (χ0v) is 14.8. The molecule has 0 unspecified atom stereocenters. The van der Waals surface area contributed by atoms with Crippen molar-refractivity contribution in [3.63, 3.8) is 0 Å². The van der Waals surface area contributed by atoms with Crippen molar-refractivity contribution in [1.29, 1.82) is 0 Å². The first-order valence-electron chi connectivity index (χ1n) is 8.45. The van der Waals surface area contributed by atoms with Crippen molar-refractivity contribution in [2.75, 3.05) is 0 Å². The Bertz CT molecular complexity index is 1300. The molecule has 0 saturated carbocycles. The van der Waals surface area contributed by atoms with Crippen molar-refractivity contribution in [3.05, 3.63) is 75.7 Å². The third-order valence-electron chi connectivity index (χ3n) is 4.35. The molecule has 0 spiro atoms. The van der Waals surface area contributed by atoms with Crippen LogP contribution in [0.25, 0.3) is 22.4 Å². The minimum atomic E-state index is -4.85. The minimum absolute atomic E-state index is 0.0894. The summed E-state index contributed by atoms with van der Waals surface area (Å²) in [5.41, 5.74) is -2.57. The highest BCUT2D eigenvalue weighted by molar-refractivity contribution is 5.91. The van der Waals surface area contributed by atoms with E-state index in [1.165, 1.54) is 10.7 Å². The lowest BCUT2D eigenvalue weighted by atomic mass is 10.1. The van der Waals surface area contributed by atoms with E-state index in [1.54, 1.807) is 18.2 Å². The fourth-order valence-corrected chi connectivity index (χ4v) is 3.03. The number of rotatable bonds is 3. The Morgan fingerprint density at radius 1 is 1.07 bits per heavy atom. The van der Waals surface area contributed by atoms with Gasteiger partial charge in [0, 0.05) is 29.1 Å². The summed E-state index contributed by atoms with van der Waals surface area (Å²) < 4.78 is 68.6. The number of halogens is 5. The van der Waals surface area contributed by atoms with Crippen molar-refractivity contribution >= 4 is 10.9 Å². The van der Waals surface area contributed by atoms with Crippen molar-refractivity contribution < 1.29 is 27.1 Å². The van der Waals surface area contributed by atoms with Crippen LogP contribution in [0.5, 0.6) is 5.75 Å². The van der Waals surface area contributed by atoms with Gasteiger partial charge in [-0.25, -0.2) is 13.8 Å². The number of nitrogens with one attached hydrogen (secondary N) is 1. The van der Waals surface area contributed by atoms with Gasteiger partial charge in [-0.2, -0.15) is 18.3 Å². The summed E-state index contributed by atoms with van der Waals surface area (Å²) >= 11 is 0. The zero-order chi connectivity index (χ0) is 21.6. The third kappa shape index (κ3) is 3.49. The number of hydrogen-bond donors (Lipinski definition) is 2. The van der Waals surface area contributed by atoms with Crippen LogP contribution in [0.4, 0.5) is 22.0 Å². The van der Waals surface area contributed by atoms with Crippen LogP contribution in [0.1, 0.15) is 11.3 Å². The van der Waals surface area contributed by atoms with Crippen LogP contribution in [0, 0.1) is 11.6 Å². The summed E-state index contributed by atoms with van der Waals surface area (Å²) in [7, 11) is 0. The number of benzene rings is 2. The molecule has 0 aliphatic rings. The quantitative estimate of drug-likeness (QED) is 0.492. The van der Waals surface area contributed by atoms with Crippen LogP contribution in [-0.2, 0) is 12.7 Å². The van der Waals surface area contributed by atoms with Crippen molar-refractivity contribution in [1.82, 2.24) is 19.7 Å². The summed E-state index contributed by atoms with van der Waals surface area (Å²) in [6, 6.07) is 8.06. The van der Waals surface area contributed by atoms with Gasteiger partial charge >= 0.3 is 6.18 Å². The van der Waals surface area contributed by atoms with Crippen LogP contribution in [0.15, 0.2) is 47.3 Å². The molecule has 2 heterocycles. The maximum absolute atomic E-state index is 14.1. The normalized spacial score (nSPS) is 11.9. The summed E-state index contributed by atoms with van der Waals surface area (Å²) in [5.74, 6) is -3.06. The largest absolute Gasteiger partial charge is 0.508 e. The highest BCUT2D eigenvalue weighted by Gasteiger charge is 2.34. The molecule has 0 aliphatic carbocycles. The number of aromatic amines is 1. The molecule has 0 bridgehead atoms. The molecule has 4 rings (SSSR count). The number of phenols is 1. The molecule has 2 aromatic heterocycles. The van der Waals surface area contributed by atoms with Gasteiger partial charge in [0.25, 0.3) is 5.56 Å². The number of fused-ring (bicyclic) bond motifs is 1. The molecule has 4 aromatic rings. The van der Waals surface area contributed by atoms with E-state index in [-0.39, 0.29) is 5.69 Å². The number of H-pyrrole nitrogens is 1. The van der Waals surface area contributed by atoms with E-state index in [4.69, 9.17) is 0 Å². The molecule has 30 heavy (non-hydrogen) atoms. The van der Waals surface area contributed by atoms with Gasteiger partial charge in [-0.3, -0.25) is 9.48 Å². The van der Waals surface area contributed by atoms with Crippen molar-refractivity contribution in [2.45, 2.75) is 12.7 Å². The van der Waals surface area contributed by atoms with Crippen LogP contribution in [-0.4, -0.2) is 24.9 Å². The molecule has 0 saturated heterocycles. The molecular weight excluding hydrogens is 411 g/mol. The second kappa shape index (κ2) is 6.94. The van der Waals surface area contributed by atoms with Crippen LogP contribution in [0.3, 0.4) is 0 Å². The van der Waals surface area contributed by atoms with E-state index in [0.29, 0.717) is 17.0 Å². The Morgan fingerprint density at radius 3 is 2.40 bits per heavy atom. The predicted molar refractivity (Wildman–Crippen MR) is 95.7 cm³/mol. The number of para-hydroxylation sites is 1. The molecule has 6 nitrogen and oxygen atoms in total. The fraction of sp³-hybridized carbons (Fsp3) is 0.105. The van der Waals surface area contributed by atoms with Gasteiger partial charge in [-0.05, 0) is 6.07 Å². The average Bonchev–Trinajstić information content (AvgIpc) is 3.02. The van der Waals surface area contributed by atoms with E-state index in [9.17, 15) is 31.9 Å². The molecule has 0 fully saturated rings. The van der Waals surface area contributed by atoms with E-state index in [0.717, 1.165) is 12.1 Å². The number of hydrogen-bond acceptors (Lipinski definition) is 4. The highest BCUT2D eigenvalue weighted by Crippen LogP contribution is 2.30. The van der Waals surface area contributed by atoms with Gasteiger partial charge in [0.2, 0.25) is 0 Å². The first kappa shape index (κ1) is 19.6. The Hall–Kier alpha value is -3.76. The third-order valence-corrected chi connectivity index (χ3v) is 4.35. The molecular formula is C19H11F5N4O2. The summed E-state index contributed by atoms with van der Waals surface area (Å²) in [4.78, 5) is 17.4. The predicted octanol–water partition coefficient (Wildman–Crippen LogP) is 3.84. The molecule has 2 aromatic carbocycles. The monoisotopic (exact) mass is 422 g/mol. The van der Waals surface area contributed by atoms with Gasteiger partial charge in [0.15, 0.2) is 11.5 Å². The zero-order valence-electron chi connectivity index (χ0n) is 14.8. The maximum Gasteiger partial charge on any atom is 0.433 e. The lowest BCUT2D eigenvalue weighted by Crippen LogP contribution is -2.17. The second-order valence-corrected chi connectivity index (χ2v) is 6.39. The summed E-state index contributed by atoms with van der Waals surface area (Å²) in [6.07, 6.45) is -4.85. The first-order valence-corrected chi connectivity index (χ1v) is 8.45. The Balaban J connectivity index is 1.89. The maximum atomic E-state index is 14.1. The van der Waals surface area contributed by atoms with Gasteiger partial charge in [0.05, 0.1) is 12.1 Å². The van der Waals surface area contributed by atoms with Crippen molar-refractivity contribution in [3.8, 4) is 17.3 Å². The number of phenolic OH excluding ortho intramolecular Hbond substituents is 1. The topological polar surface area (TPSA) is 83.8 Å². The SMILES string of the molecule is O=c1cc(C(F)(F)F)nc(-c2nn(Cc3c(F)cc(O)cc3F)c3ccccc23)[nH]1. The molecule has 11 heteroatoms. The molecule has 0 atom stereocenters. The van der Waals surface area contributed by atoms with Gasteiger partial charge in [-0.1, -0.05) is 18.2 Å². The van der Waals surface area contributed by atoms with E-state index in [2.05, 4.69) is 15.1 Å².